The van der Waals surface area contributed by atoms with Crippen LogP contribution >= 0.6 is 0 Å². The van der Waals surface area contributed by atoms with Gasteiger partial charge in [-0.05, 0) is 82.2 Å². The molecular formula is C35H57N7O7. The Labute approximate surface area is 289 Å². The van der Waals surface area contributed by atoms with Crippen LogP contribution in [0, 0.1) is 11.8 Å². The first-order valence-corrected chi connectivity index (χ1v) is 17.4. The molecule has 49 heavy (non-hydrogen) atoms. The van der Waals surface area contributed by atoms with Gasteiger partial charge in [0.15, 0.2) is 0 Å². The summed E-state index contributed by atoms with van der Waals surface area (Å²) in [6.07, 6.45) is 3.16. The Kier molecular flexibility index (Phi) is 17.2. The van der Waals surface area contributed by atoms with Crippen LogP contribution in [0.25, 0.3) is 0 Å². The first-order valence-electron chi connectivity index (χ1n) is 17.4. The number of nitrogens with one attached hydrogen (secondary N) is 4. The Morgan fingerprint density at radius 2 is 1.41 bits per heavy atom. The predicted molar refractivity (Wildman–Crippen MR) is 186 cm³/mol. The zero-order valence-electron chi connectivity index (χ0n) is 29.6. The molecule has 6 atom stereocenters. The molecule has 1 aromatic carbocycles. The maximum absolute atomic E-state index is 13.9. The molecule has 9 N–H and O–H groups in total. The van der Waals surface area contributed by atoms with E-state index in [0.29, 0.717) is 51.5 Å². The minimum atomic E-state index is -1.18. The third-order valence-electron chi connectivity index (χ3n) is 8.45. The normalized spacial score (nSPS) is 17.5. The highest BCUT2D eigenvalue weighted by molar-refractivity contribution is 5.96. The van der Waals surface area contributed by atoms with Crippen molar-refractivity contribution in [3.05, 3.63) is 35.9 Å². The van der Waals surface area contributed by atoms with Crippen LogP contribution in [-0.4, -0.2) is 94.9 Å². The highest BCUT2D eigenvalue weighted by Crippen LogP contribution is 2.21. The molecule has 1 fully saturated rings. The molecule has 0 aromatic heterocycles. The lowest BCUT2D eigenvalue weighted by Gasteiger charge is -2.31. The van der Waals surface area contributed by atoms with Gasteiger partial charge in [-0.15, -0.1) is 0 Å². The second-order valence-corrected chi connectivity index (χ2v) is 13.8. The Morgan fingerprint density at radius 1 is 0.816 bits per heavy atom. The number of rotatable bonds is 20. The van der Waals surface area contributed by atoms with Gasteiger partial charge in [0, 0.05) is 6.54 Å². The van der Waals surface area contributed by atoms with E-state index in [4.69, 9.17) is 11.5 Å². The maximum atomic E-state index is 13.9. The molecule has 5 amide bonds. The summed E-state index contributed by atoms with van der Waals surface area (Å²) < 4.78 is 0. The van der Waals surface area contributed by atoms with E-state index in [0.717, 1.165) is 5.56 Å². The molecule has 0 spiro atoms. The monoisotopic (exact) mass is 687 g/mol. The number of hydrogen-bond donors (Lipinski definition) is 7. The summed E-state index contributed by atoms with van der Waals surface area (Å²) in [5.41, 5.74) is 12.6. The van der Waals surface area contributed by atoms with E-state index < -0.39 is 71.8 Å². The smallest absolute Gasteiger partial charge is 0.326 e. The minimum absolute atomic E-state index is 0.0114. The van der Waals surface area contributed by atoms with Crippen molar-refractivity contribution in [2.45, 2.75) is 122 Å². The van der Waals surface area contributed by atoms with Gasteiger partial charge >= 0.3 is 5.97 Å². The second-order valence-electron chi connectivity index (χ2n) is 13.8. The van der Waals surface area contributed by atoms with Crippen LogP contribution in [0.5, 0.6) is 0 Å². The van der Waals surface area contributed by atoms with Crippen molar-refractivity contribution in [1.82, 2.24) is 26.2 Å². The van der Waals surface area contributed by atoms with Gasteiger partial charge < -0.3 is 42.7 Å². The number of unbranched alkanes of at least 4 members (excludes halogenated alkanes) is 1. The van der Waals surface area contributed by atoms with Crippen LogP contribution in [0.1, 0.15) is 85.1 Å². The van der Waals surface area contributed by atoms with E-state index in [1.54, 1.807) is 0 Å². The largest absolute Gasteiger partial charge is 0.480 e. The molecule has 14 nitrogen and oxygen atoms in total. The number of amides is 5. The molecule has 1 heterocycles. The van der Waals surface area contributed by atoms with Crippen LogP contribution in [0.15, 0.2) is 30.3 Å². The van der Waals surface area contributed by atoms with Gasteiger partial charge in [-0.2, -0.15) is 0 Å². The van der Waals surface area contributed by atoms with E-state index in [1.165, 1.54) is 11.8 Å². The fraction of sp³-hybridized carbons (Fsp3) is 0.657. The van der Waals surface area contributed by atoms with Gasteiger partial charge in [0.05, 0.1) is 6.04 Å². The summed E-state index contributed by atoms with van der Waals surface area (Å²) in [7, 11) is 0. The number of carbonyl (C=O) groups is 6. The van der Waals surface area contributed by atoms with Crippen LogP contribution in [-0.2, 0) is 35.2 Å². The number of carboxylic acids is 1. The molecule has 0 saturated carbocycles. The summed E-state index contributed by atoms with van der Waals surface area (Å²) in [5.74, 6) is -3.75. The number of nitrogens with two attached hydrogens (primary N) is 2. The Balaban J connectivity index is 2.12. The summed E-state index contributed by atoms with van der Waals surface area (Å²) in [5, 5.41) is 20.2. The average molecular weight is 688 g/mol. The molecule has 0 aliphatic carbocycles. The van der Waals surface area contributed by atoms with E-state index in [2.05, 4.69) is 21.3 Å². The summed E-state index contributed by atoms with van der Waals surface area (Å²) in [6, 6.07) is 3.50. The van der Waals surface area contributed by atoms with Crippen molar-refractivity contribution in [2.75, 3.05) is 13.1 Å². The molecule has 1 saturated heterocycles. The van der Waals surface area contributed by atoms with Crippen LogP contribution in [0.2, 0.25) is 0 Å². The lowest BCUT2D eigenvalue weighted by molar-refractivity contribution is -0.143. The lowest BCUT2D eigenvalue weighted by Crippen LogP contribution is -2.59. The van der Waals surface area contributed by atoms with Crippen LogP contribution in [0.3, 0.4) is 0 Å². The van der Waals surface area contributed by atoms with Crippen LogP contribution in [0.4, 0.5) is 0 Å². The molecule has 274 valence electrons. The predicted octanol–water partition coefficient (Wildman–Crippen LogP) is 0.812. The minimum Gasteiger partial charge on any atom is -0.480 e. The molecule has 0 bridgehead atoms. The first kappa shape index (κ1) is 41.1. The molecule has 2 rings (SSSR count). The highest BCUT2D eigenvalue weighted by Gasteiger charge is 2.39. The third kappa shape index (κ3) is 13.8. The van der Waals surface area contributed by atoms with Crippen molar-refractivity contribution in [2.24, 2.45) is 23.3 Å². The number of likely N-dealkylation sites (tertiary alicyclic amines) is 1. The number of nitrogens with zero attached hydrogens (tertiary/aromatic N) is 1. The highest BCUT2D eigenvalue weighted by atomic mass is 16.4. The molecule has 1 aliphatic heterocycles. The number of aliphatic carboxylic acids is 1. The van der Waals surface area contributed by atoms with E-state index in [1.807, 2.05) is 58.0 Å². The van der Waals surface area contributed by atoms with Gasteiger partial charge in [0.2, 0.25) is 29.5 Å². The van der Waals surface area contributed by atoms with Gasteiger partial charge in [0.25, 0.3) is 0 Å². The van der Waals surface area contributed by atoms with Crippen molar-refractivity contribution >= 4 is 35.5 Å². The van der Waals surface area contributed by atoms with Gasteiger partial charge in [0.1, 0.15) is 30.2 Å². The topological polar surface area (TPSA) is 226 Å². The number of carboxylic acid groups (broad SMARTS) is 1. The quantitative estimate of drug-likeness (QED) is 0.0962. The number of benzene rings is 1. The lowest BCUT2D eigenvalue weighted by atomic mass is 9.99. The number of carbonyl (C=O) groups excluding carboxylic acids is 5. The van der Waals surface area contributed by atoms with Crippen molar-refractivity contribution in [3.8, 4) is 0 Å². The summed E-state index contributed by atoms with van der Waals surface area (Å²) in [6.45, 7) is 9.81. The molecule has 1 aromatic rings. The van der Waals surface area contributed by atoms with E-state index in [-0.39, 0.29) is 24.8 Å². The third-order valence-corrected chi connectivity index (χ3v) is 8.45. The summed E-state index contributed by atoms with van der Waals surface area (Å²) >= 11 is 0. The van der Waals surface area contributed by atoms with Crippen LogP contribution < -0.4 is 32.7 Å². The zero-order valence-corrected chi connectivity index (χ0v) is 29.6. The van der Waals surface area contributed by atoms with E-state index in [9.17, 15) is 33.9 Å². The SMILES string of the molecule is CC(C)C[C@H](NC(=O)[C@@H](N)Cc1ccccc1)C(=O)N[C@@H](CC(C)C)C(=O)N1CCC[C@H]1C(=O)N[C@@H](C)C(=O)N[C@@H](CCCCN)C(=O)O. The summed E-state index contributed by atoms with van der Waals surface area (Å²) in [4.78, 5) is 79.8. The maximum Gasteiger partial charge on any atom is 0.326 e. The molecule has 0 radical (unpaired) electrons. The molecule has 0 unspecified atom stereocenters. The van der Waals surface area contributed by atoms with Crippen molar-refractivity contribution in [3.63, 3.8) is 0 Å². The fourth-order valence-electron chi connectivity index (χ4n) is 5.83. The van der Waals surface area contributed by atoms with Crippen molar-refractivity contribution in [1.29, 1.82) is 0 Å². The van der Waals surface area contributed by atoms with Gasteiger partial charge in [-0.1, -0.05) is 58.0 Å². The molecule has 14 heteroatoms. The molecular weight excluding hydrogens is 630 g/mol. The first-order chi connectivity index (χ1) is 23.1. The Morgan fingerprint density at radius 3 is 2.00 bits per heavy atom. The van der Waals surface area contributed by atoms with Gasteiger partial charge in [-0.3, -0.25) is 24.0 Å². The molecule has 1 aliphatic rings. The van der Waals surface area contributed by atoms with Crippen molar-refractivity contribution < 1.29 is 33.9 Å². The number of hydrogen-bond acceptors (Lipinski definition) is 8. The average Bonchev–Trinajstić information content (AvgIpc) is 3.53. The zero-order chi connectivity index (χ0) is 36.7. The van der Waals surface area contributed by atoms with E-state index >= 15 is 0 Å². The second kappa shape index (κ2) is 20.5. The Bertz CT molecular complexity index is 1260. The van der Waals surface area contributed by atoms with Gasteiger partial charge in [-0.25, -0.2) is 4.79 Å². The fourth-order valence-corrected chi connectivity index (χ4v) is 5.83. The Hall–Kier alpha value is -4.04. The standard InChI is InChI=1S/C35H57N7O7/c1-21(2)18-27(40-31(44)25(37)20-24-12-7-6-8-13-24)32(45)41-28(19-22(3)4)34(47)42-17-11-15-29(42)33(46)38-23(5)30(43)39-26(35(48)49)14-9-10-16-36/h6-8,12-13,21-23,25-29H,9-11,14-20,36-37H2,1-5H3,(H,38,46)(H,39,43)(H,40,44)(H,41,45)(H,48,49)/t23-,25-,26-,27-,28-,29-/m0/s1.